The van der Waals surface area contributed by atoms with Gasteiger partial charge in [0, 0.05) is 84.0 Å². The maximum absolute atomic E-state index is 5.55. The summed E-state index contributed by atoms with van der Waals surface area (Å²) in [7, 11) is 0. The lowest BCUT2D eigenvalue weighted by molar-refractivity contribution is 1.14. The number of hydrogen-bond donors (Lipinski definition) is 0. The summed E-state index contributed by atoms with van der Waals surface area (Å²) in [6.45, 7) is -0.172. The van der Waals surface area contributed by atoms with Crippen LogP contribution in [0.4, 0.5) is 34.1 Å². The minimum absolute atomic E-state index is 0.172. The number of anilines is 6. The molecule has 19 aromatic rings. The third-order valence-corrected chi connectivity index (χ3v) is 22.2. The lowest BCUT2D eigenvalue weighted by Crippen LogP contribution is -2.61. The summed E-state index contributed by atoms with van der Waals surface area (Å²) in [5.74, 6) is 1.11. The van der Waals surface area contributed by atoms with E-state index in [9.17, 15) is 0 Å². The number of rotatable bonds is 14. The van der Waals surface area contributed by atoms with Gasteiger partial charge in [0.1, 0.15) is 0 Å². The zero-order valence-electron chi connectivity index (χ0n) is 61.0. The molecule has 0 unspecified atom stereocenters. The molecule has 0 saturated heterocycles. The van der Waals surface area contributed by atoms with E-state index in [-0.39, 0.29) is 6.71 Å². The Hall–Kier alpha value is -14.9. The van der Waals surface area contributed by atoms with Gasteiger partial charge in [0.05, 0.1) is 33.8 Å². The summed E-state index contributed by atoms with van der Waals surface area (Å²) >= 11 is 0. The Morgan fingerprint density at radius 3 is 0.938 bits per heavy atom. The minimum atomic E-state index is -0.172. The predicted octanol–water partition coefficient (Wildman–Crippen LogP) is 24.8. The lowest BCUT2D eigenvalue weighted by atomic mass is 9.33. The molecular formula is C104H68BN7. The van der Waals surface area contributed by atoms with Gasteiger partial charge in [0.2, 0.25) is 0 Å². The Bertz CT molecular complexity index is 6450. The van der Waals surface area contributed by atoms with Crippen molar-refractivity contribution in [1.29, 1.82) is 0 Å². The van der Waals surface area contributed by atoms with Gasteiger partial charge in [-0.3, -0.25) is 0 Å². The van der Waals surface area contributed by atoms with Gasteiger partial charge in [0.15, 0.2) is 11.6 Å². The van der Waals surface area contributed by atoms with Crippen molar-refractivity contribution < 1.29 is 0 Å². The summed E-state index contributed by atoms with van der Waals surface area (Å²) in [6, 6.07) is 149. The van der Waals surface area contributed by atoms with Crippen LogP contribution < -0.4 is 26.2 Å². The smallest absolute Gasteiger partial charge is 0.252 e. The third kappa shape index (κ3) is 11.7. The molecule has 0 spiro atoms. The van der Waals surface area contributed by atoms with Crippen LogP contribution in [0.15, 0.2) is 413 Å². The van der Waals surface area contributed by atoms with Crippen LogP contribution in [0.1, 0.15) is 0 Å². The highest BCUT2D eigenvalue weighted by Gasteiger charge is 2.44. The second-order valence-electron chi connectivity index (χ2n) is 28.8. The van der Waals surface area contributed by atoms with Crippen LogP contribution in [0.5, 0.6) is 0 Å². The molecule has 0 amide bonds. The van der Waals surface area contributed by atoms with Crippen molar-refractivity contribution in [2.45, 2.75) is 0 Å². The van der Waals surface area contributed by atoms with Gasteiger partial charge in [-0.25, -0.2) is 19.9 Å². The van der Waals surface area contributed by atoms with Gasteiger partial charge in [-0.1, -0.05) is 315 Å². The van der Waals surface area contributed by atoms with E-state index in [2.05, 4.69) is 403 Å². The van der Waals surface area contributed by atoms with Crippen LogP contribution in [-0.4, -0.2) is 31.2 Å². The highest BCUT2D eigenvalue weighted by molar-refractivity contribution is 7.00. The lowest BCUT2D eigenvalue weighted by Gasteiger charge is -2.44. The van der Waals surface area contributed by atoms with Crippen LogP contribution in [0.3, 0.4) is 0 Å². The molecule has 8 heteroatoms. The van der Waals surface area contributed by atoms with Crippen molar-refractivity contribution in [1.82, 2.24) is 24.5 Å². The van der Waals surface area contributed by atoms with Gasteiger partial charge in [-0.05, 0) is 169 Å². The summed E-state index contributed by atoms with van der Waals surface area (Å²) in [4.78, 5) is 27.1. The van der Waals surface area contributed by atoms with Crippen LogP contribution in [0, 0.1) is 0 Å². The second-order valence-corrected chi connectivity index (χ2v) is 28.8. The van der Waals surface area contributed by atoms with Crippen molar-refractivity contribution in [3.05, 3.63) is 413 Å². The molecule has 5 heterocycles. The molecule has 522 valence electrons. The van der Waals surface area contributed by atoms with E-state index >= 15 is 0 Å². The van der Waals surface area contributed by atoms with Gasteiger partial charge in [0.25, 0.3) is 6.71 Å². The van der Waals surface area contributed by atoms with Gasteiger partial charge >= 0.3 is 0 Å². The topological polar surface area (TPSA) is 63.0 Å². The molecule has 0 radical (unpaired) electrons. The number of para-hydroxylation sites is 1. The van der Waals surface area contributed by atoms with Crippen LogP contribution in [0.25, 0.3) is 151 Å². The Labute approximate surface area is 650 Å². The SMILES string of the molecule is c1ccc(-c2ccc(N3c4ccc(-c5ccccc5)cc4B4c5cc(-c6ccccc6)ccc5N(c5ccc(-c6ccccc6)cc5)c5cc(-c6ccc7c(c6)c6ccccc6n7-c6ccc(-c7nc(-c8ccccc8)cc(-c8ccccc8)n7)c(-c7nc(-c8ccccc8)cc(-c8ccccc8)n7)c6)cc3c54)cc2)cc1. The summed E-state index contributed by atoms with van der Waals surface area (Å²) in [5.41, 5.74) is 33.6. The van der Waals surface area contributed by atoms with Crippen molar-refractivity contribution in [3.63, 3.8) is 0 Å². The first-order valence-corrected chi connectivity index (χ1v) is 38.2. The molecule has 16 aromatic carbocycles. The maximum Gasteiger partial charge on any atom is 0.252 e. The molecule has 0 fully saturated rings. The Morgan fingerprint density at radius 2 is 0.518 bits per heavy atom. The van der Waals surface area contributed by atoms with E-state index in [0.29, 0.717) is 11.6 Å². The number of hydrogen-bond acceptors (Lipinski definition) is 6. The molecule has 21 rings (SSSR count). The van der Waals surface area contributed by atoms with Gasteiger partial charge in [-0.15, -0.1) is 0 Å². The molecule has 0 atom stereocenters. The number of fused-ring (bicyclic) bond motifs is 7. The molecule has 0 saturated carbocycles. The monoisotopic (exact) mass is 1430 g/mol. The number of nitrogens with zero attached hydrogens (tertiary/aromatic N) is 7. The molecule has 3 aromatic heterocycles. The van der Waals surface area contributed by atoms with Crippen LogP contribution in [-0.2, 0) is 0 Å². The number of aromatic nitrogens is 5. The minimum Gasteiger partial charge on any atom is -0.311 e. The highest BCUT2D eigenvalue weighted by atomic mass is 15.2. The molecule has 0 aliphatic carbocycles. The van der Waals surface area contributed by atoms with Crippen molar-refractivity contribution in [2.24, 2.45) is 0 Å². The van der Waals surface area contributed by atoms with E-state index in [1.54, 1.807) is 0 Å². The Kier molecular flexibility index (Phi) is 16.2. The molecule has 2 aliphatic rings. The fourth-order valence-corrected chi connectivity index (χ4v) is 16.9. The number of benzene rings is 16. The summed E-state index contributed by atoms with van der Waals surface area (Å²) in [5, 5.41) is 2.23. The first-order valence-electron chi connectivity index (χ1n) is 38.2. The average molecular weight is 1430 g/mol. The van der Waals surface area contributed by atoms with Crippen LogP contribution in [0.2, 0.25) is 0 Å². The average Bonchev–Trinajstić information content (AvgIpc) is 0.770. The van der Waals surface area contributed by atoms with Crippen molar-refractivity contribution in [2.75, 3.05) is 9.80 Å². The molecule has 0 bridgehead atoms. The Morgan fingerprint density at radius 1 is 0.196 bits per heavy atom. The normalized spacial score (nSPS) is 12.1. The van der Waals surface area contributed by atoms with E-state index in [1.807, 2.05) is 24.3 Å². The fraction of sp³-hybridized carbons (Fsp3) is 0. The van der Waals surface area contributed by atoms with Crippen LogP contribution >= 0.6 is 0 Å². The van der Waals surface area contributed by atoms with E-state index < -0.39 is 0 Å². The zero-order chi connectivity index (χ0) is 74.0. The first-order chi connectivity index (χ1) is 55.5. The van der Waals surface area contributed by atoms with E-state index in [4.69, 9.17) is 19.9 Å². The first kappa shape index (κ1) is 65.4. The molecule has 2 aliphatic heterocycles. The van der Waals surface area contributed by atoms with Gasteiger partial charge in [-0.2, -0.15) is 0 Å². The fourth-order valence-electron chi connectivity index (χ4n) is 16.9. The summed E-state index contributed by atoms with van der Waals surface area (Å²) in [6.07, 6.45) is 0. The standard InChI is InChI=1S/C104H68BN7/c1-9-27-69(28-10-1)73-45-52-83(53-46-73)110-98-59-50-80(71-31-13-3-14-32-71)62-90(98)105-91-63-81(72-33-15-4-16-34-72)51-60-99(91)111(84-54-47-74(48-55-84)70-29-11-2-12-30-70)101-65-82(64-100(110)102(101)105)79-49-58-97-88(61-79)86-43-25-26-44-96(86)112(97)85-56-57-87(103-106-92(75-35-17-5-18-36-75)67-93(107-103)76-37-19-6-20-38-76)89(66-85)104-108-94(77-39-21-7-22-40-77)68-95(109-104)78-41-23-8-24-42-78/h1-68H. The maximum atomic E-state index is 5.55. The van der Waals surface area contributed by atoms with E-state index in [0.717, 1.165) is 140 Å². The third-order valence-electron chi connectivity index (χ3n) is 22.2. The summed E-state index contributed by atoms with van der Waals surface area (Å²) < 4.78 is 2.40. The quantitative estimate of drug-likeness (QED) is 0.101. The molecule has 112 heavy (non-hydrogen) atoms. The van der Waals surface area contributed by atoms with E-state index in [1.165, 1.54) is 49.8 Å². The molecule has 0 N–H and O–H groups in total. The zero-order valence-corrected chi connectivity index (χ0v) is 61.0. The van der Waals surface area contributed by atoms with Crippen molar-refractivity contribution >= 4 is 79.0 Å². The van der Waals surface area contributed by atoms with Gasteiger partial charge < -0.3 is 14.4 Å². The largest absolute Gasteiger partial charge is 0.311 e. The predicted molar refractivity (Wildman–Crippen MR) is 466 cm³/mol. The molecular weight excluding hydrogens is 1360 g/mol. The molecule has 7 nitrogen and oxygen atoms in total. The highest BCUT2D eigenvalue weighted by Crippen LogP contribution is 2.49. The second kappa shape index (κ2) is 27.7. The van der Waals surface area contributed by atoms with Crippen molar-refractivity contribution in [3.8, 4) is 129 Å². The Balaban J connectivity index is 0.794.